The number of aliphatic carboxylic acids is 1. The molecule has 0 aliphatic heterocycles. The molecule has 0 aliphatic carbocycles. The summed E-state index contributed by atoms with van der Waals surface area (Å²) in [4.78, 5) is 62.4. The highest BCUT2D eigenvalue weighted by Gasteiger charge is 2.30. The number of hydrogen-bond acceptors (Lipinski definition) is 9. The maximum Gasteiger partial charge on any atom is 0.407 e. The van der Waals surface area contributed by atoms with Crippen LogP contribution in [0.2, 0.25) is 0 Å². The zero-order valence-electron chi connectivity index (χ0n) is 24.8. The number of carbonyl (C=O) groups excluding carboxylic acids is 4. The molecule has 4 amide bonds. The first-order valence-corrected chi connectivity index (χ1v) is 14.4. The molecule has 0 saturated carbocycles. The maximum absolute atomic E-state index is 13.2. The molecule has 0 unspecified atom stereocenters. The molecule has 0 radical (unpaired) electrons. The summed E-state index contributed by atoms with van der Waals surface area (Å²) in [7, 11) is 1.43. The molecule has 1 rings (SSSR count). The fourth-order valence-electron chi connectivity index (χ4n) is 3.74. The van der Waals surface area contributed by atoms with Crippen LogP contribution in [0.4, 0.5) is 4.79 Å². The van der Waals surface area contributed by atoms with E-state index < -0.39 is 54.3 Å². The molecule has 0 spiro atoms. The largest absolute Gasteiger partial charge is 0.504 e. The summed E-state index contributed by atoms with van der Waals surface area (Å²) in [6.07, 6.45) is -0.849. The average Bonchev–Trinajstić information content (AvgIpc) is 2.92. The highest BCUT2D eigenvalue weighted by Crippen LogP contribution is 2.26. The van der Waals surface area contributed by atoms with Crippen molar-refractivity contribution in [2.24, 2.45) is 11.8 Å². The van der Waals surface area contributed by atoms with Crippen LogP contribution in [0.1, 0.15) is 52.5 Å². The van der Waals surface area contributed by atoms with Crippen molar-refractivity contribution in [2.45, 2.75) is 71.5 Å². The fourth-order valence-corrected chi connectivity index (χ4v) is 3.99. The number of ether oxygens (including phenoxy) is 2. The van der Waals surface area contributed by atoms with Gasteiger partial charge in [-0.05, 0) is 48.8 Å². The summed E-state index contributed by atoms with van der Waals surface area (Å²) >= 11 is 4.19. The third kappa shape index (κ3) is 13.8. The normalized spacial score (nSPS) is 13.0. The number of phenols is 1. The van der Waals surface area contributed by atoms with Gasteiger partial charge < -0.3 is 41.0 Å². The van der Waals surface area contributed by atoms with Crippen LogP contribution < -0.4 is 26.0 Å². The van der Waals surface area contributed by atoms with Gasteiger partial charge >= 0.3 is 12.1 Å². The Hall–Kier alpha value is -3.68. The zero-order valence-corrected chi connectivity index (χ0v) is 25.7. The van der Waals surface area contributed by atoms with Crippen molar-refractivity contribution in [1.82, 2.24) is 21.3 Å². The first-order valence-electron chi connectivity index (χ1n) is 13.8. The van der Waals surface area contributed by atoms with E-state index in [1.165, 1.54) is 13.2 Å². The number of rotatable bonds is 18. The molecule has 14 heteroatoms. The number of amides is 4. The fraction of sp³-hybridized carbons (Fsp3) is 0.607. The third-order valence-electron chi connectivity index (χ3n) is 5.92. The van der Waals surface area contributed by atoms with Crippen LogP contribution in [0.5, 0.6) is 11.5 Å². The highest BCUT2D eigenvalue weighted by atomic mass is 32.1. The van der Waals surface area contributed by atoms with Crippen LogP contribution in [0.25, 0.3) is 0 Å². The minimum Gasteiger partial charge on any atom is -0.504 e. The van der Waals surface area contributed by atoms with Crippen molar-refractivity contribution < 1.29 is 43.7 Å². The van der Waals surface area contributed by atoms with Gasteiger partial charge in [-0.15, -0.1) is 0 Å². The predicted octanol–water partition coefficient (Wildman–Crippen LogP) is 1.62. The number of carboxylic acid groups (broad SMARTS) is 1. The SMILES string of the molecule is COc1cc(CCNC(=O)[C@H](CS)NC(=O)[C@H](CC(C)C)NC(=O)[C@H](CCC(=O)O)NC(=O)OCC(C)C)ccc1O. The molecule has 3 atom stereocenters. The van der Waals surface area contributed by atoms with Crippen LogP contribution >= 0.6 is 12.6 Å². The first kappa shape index (κ1) is 36.3. The first-order chi connectivity index (χ1) is 19.8. The van der Waals surface area contributed by atoms with Crippen LogP contribution in [0.15, 0.2) is 18.2 Å². The monoisotopic (exact) mass is 612 g/mol. The summed E-state index contributed by atoms with van der Waals surface area (Å²) in [6, 6.07) is 1.51. The molecule has 0 aromatic heterocycles. The van der Waals surface area contributed by atoms with Crippen molar-refractivity contribution in [1.29, 1.82) is 0 Å². The lowest BCUT2D eigenvalue weighted by Crippen LogP contribution is -2.57. The Balaban J connectivity index is 2.87. The van der Waals surface area contributed by atoms with E-state index in [9.17, 15) is 29.1 Å². The van der Waals surface area contributed by atoms with Crippen molar-refractivity contribution >= 4 is 42.4 Å². The number of methoxy groups -OCH3 is 1. The molecule has 236 valence electrons. The number of aromatic hydroxyl groups is 1. The Morgan fingerprint density at radius 1 is 0.905 bits per heavy atom. The molecule has 6 N–H and O–H groups in total. The van der Waals surface area contributed by atoms with Gasteiger partial charge in [0, 0.05) is 18.7 Å². The van der Waals surface area contributed by atoms with Gasteiger partial charge in [0.1, 0.15) is 18.1 Å². The summed E-state index contributed by atoms with van der Waals surface area (Å²) in [6.45, 7) is 7.70. The molecular weight excluding hydrogens is 568 g/mol. The van der Waals surface area contributed by atoms with Gasteiger partial charge in [-0.1, -0.05) is 33.8 Å². The van der Waals surface area contributed by atoms with E-state index in [1.807, 2.05) is 27.7 Å². The molecule has 42 heavy (non-hydrogen) atoms. The summed E-state index contributed by atoms with van der Waals surface area (Å²) < 4.78 is 10.1. The van der Waals surface area contributed by atoms with Crippen LogP contribution in [0, 0.1) is 11.8 Å². The molecule has 0 saturated heterocycles. The Morgan fingerprint density at radius 3 is 2.12 bits per heavy atom. The summed E-state index contributed by atoms with van der Waals surface area (Å²) in [5, 5.41) is 29.1. The maximum atomic E-state index is 13.2. The molecule has 1 aromatic carbocycles. The predicted molar refractivity (Wildman–Crippen MR) is 159 cm³/mol. The van der Waals surface area contributed by atoms with Crippen molar-refractivity contribution in [3.63, 3.8) is 0 Å². The van der Waals surface area contributed by atoms with Gasteiger partial charge in [-0.2, -0.15) is 12.6 Å². The van der Waals surface area contributed by atoms with Crippen LogP contribution in [0.3, 0.4) is 0 Å². The molecule has 0 aliphatic rings. The minimum atomic E-state index is -1.26. The van der Waals surface area contributed by atoms with Gasteiger partial charge in [0.15, 0.2) is 11.5 Å². The zero-order chi connectivity index (χ0) is 31.8. The Bertz CT molecular complexity index is 1070. The number of benzene rings is 1. The number of alkyl carbamates (subject to hydrolysis) is 1. The van der Waals surface area contributed by atoms with Gasteiger partial charge in [0.2, 0.25) is 17.7 Å². The van der Waals surface area contributed by atoms with E-state index in [-0.39, 0.29) is 49.3 Å². The number of carboxylic acids is 1. The molecule has 0 fully saturated rings. The van der Waals surface area contributed by atoms with E-state index in [0.717, 1.165) is 5.56 Å². The quantitative estimate of drug-likeness (QED) is 0.121. The van der Waals surface area contributed by atoms with Gasteiger partial charge in [0.05, 0.1) is 13.7 Å². The Labute approximate surface area is 251 Å². The number of nitrogens with one attached hydrogen (secondary N) is 4. The smallest absolute Gasteiger partial charge is 0.407 e. The van der Waals surface area contributed by atoms with Crippen molar-refractivity contribution in [3.8, 4) is 11.5 Å². The van der Waals surface area contributed by atoms with E-state index in [4.69, 9.17) is 14.6 Å². The van der Waals surface area contributed by atoms with Crippen LogP contribution in [-0.2, 0) is 30.3 Å². The third-order valence-corrected chi connectivity index (χ3v) is 6.28. The van der Waals surface area contributed by atoms with Gasteiger partial charge in [-0.25, -0.2) is 4.79 Å². The number of hydrogen-bond donors (Lipinski definition) is 7. The molecule has 0 bridgehead atoms. The molecule has 0 heterocycles. The van der Waals surface area contributed by atoms with Gasteiger partial charge in [-0.3, -0.25) is 19.2 Å². The average molecular weight is 613 g/mol. The number of phenolic OH excluding ortho intramolecular Hbond substituents is 1. The van der Waals surface area contributed by atoms with E-state index in [2.05, 4.69) is 33.9 Å². The topological polar surface area (TPSA) is 192 Å². The lowest BCUT2D eigenvalue weighted by Gasteiger charge is -2.25. The number of thiol groups is 1. The molecule has 1 aromatic rings. The lowest BCUT2D eigenvalue weighted by molar-refractivity contribution is -0.137. The Morgan fingerprint density at radius 2 is 1.55 bits per heavy atom. The lowest BCUT2D eigenvalue weighted by atomic mass is 10.0. The van der Waals surface area contributed by atoms with Crippen molar-refractivity contribution in [2.75, 3.05) is 26.0 Å². The van der Waals surface area contributed by atoms with E-state index in [0.29, 0.717) is 12.2 Å². The van der Waals surface area contributed by atoms with Crippen molar-refractivity contribution in [3.05, 3.63) is 23.8 Å². The second-order valence-corrected chi connectivity index (χ2v) is 11.0. The molecular formula is C28H44N4O9S. The van der Waals surface area contributed by atoms with Crippen LogP contribution in [-0.4, -0.2) is 84.1 Å². The standard InChI is InChI=1S/C28H44N4O9S/c1-16(2)12-20(30-26(37)19(7-9-24(34)35)32-28(39)41-14-17(3)4)27(38)31-21(15-42)25(36)29-11-10-18-6-8-22(33)23(13-18)40-5/h6,8,13,16-17,19-21,33,42H,7,9-12,14-15H2,1-5H3,(H,29,36)(H,30,37)(H,31,38)(H,32,39)(H,34,35)/t19-,20-,21-/m0/s1. The second-order valence-electron chi connectivity index (χ2n) is 10.6. The Kier molecular flexibility index (Phi) is 16.2. The second kappa shape index (κ2) is 18.7. The highest BCUT2D eigenvalue weighted by molar-refractivity contribution is 7.80. The van der Waals surface area contributed by atoms with Gasteiger partial charge in [0.25, 0.3) is 0 Å². The number of carbonyl (C=O) groups is 5. The summed E-state index contributed by atoms with van der Waals surface area (Å²) in [5.41, 5.74) is 0.815. The van der Waals surface area contributed by atoms with E-state index >= 15 is 0 Å². The molecule has 13 nitrogen and oxygen atoms in total. The van der Waals surface area contributed by atoms with E-state index in [1.54, 1.807) is 12.1 Å². The summed E-state index contributed by atoms with van der Waals surface area (Å²) in [5.74, 6) is -2.71. The minimum absolute atomic E-state index is 0.00114.